The summed E-state index contributed by atoms with van der Waals surface area (Å²) in [4.78, 5) is 0. The molecule has 6 heteroatoms. The Hall–Kier alpha value is -1.14. The largest absolute Gasteiger partial charge is 0.383 e. The first kappa shape index (κ1) is 13.9. The molecule has 0 saturated carbocycles. The van der Waals surface area contributed by atoms with E-state index in [1.54, 1.807) is 13.3 Å². The molecular formula is C11H20N4OS. The third-order valence-corrected chi connectivity index (χ3v) is 2.48. The molecule has 0 aromatic carbocycles. The summed E-state index contributed by atoms with van der Waals surface area (Å²) < 4.78 is 6.80. The predicted octanol–water partition coefficient (Wildman–Crippen LogP) is 1.62. The van der Waals surface area contributed by atoms with Gasteiger partial charge in [0, 0.05) is 19.9 Å². The van der Waals surface area contributed by atoms with Crippen LogP contribution in [0.1, 0.15) is 19.8 Å². The molecule has 0 bridgehead atoms. The highest BCUT2D eigenvalue weighted by Crippen LogP contribution is 2.04. The lowest BCUT2D eigenvalue weighted by Gasteiger charge is -2.07. The van der Waals surface area contributed by atoms with Gasteiger partial charge in [-0.3, -0.25) is 4.68 Å². The van der Waals surface area contributed by atoms with E-state index in [2.05, 4.69) is 22.7 Å². The van der Waals surface area contributed by atoms with E-state index in [9.17, 15) is 0 Å². The first-order valence-corrected chi connectivity index (χ1v) is 6.23. The molecule has 1 rings (SSSR count). The smallest absolute Gasteiger partial charge is 0.170 e. The third-order valence-electron chi connectivity index (χ3n) is 2.23. The molecule has 96 valence electrons. The van der Waals surface area contributed by atoms with Crippen LogP contribution in [0.2, 0.25) is 0 Å². The summed E-state index contributed by atoms with van der Waals surface area (Å²) >= 11 is 5.16. The number of rotatable bonds is 7. The van der Waals surface area contributed by atoms with Crippen molar-refractivity contribution in [1.82, 2.24) is 15.1 Å². The maximum absolute atomic E-state index is 5.16. The monoisotopic (exact) mass is 256 g/mol. The van der Waals surface area contributed by atoms with Crippen LogP contribution in [0, 0.1) is 0 Å². The second kappa shape index (κ2) is 8.03. The molecule has 5 nitrogen and oxygen atoms in total. The average molecular weight is 256 g/mol. The maximum Gasteiger partial charge on any atom is 0.170 e. The summed E-state index contributed by atoms with van der Waals surface area (Å²) in [6.07, 6.45) is 5.94. The molecule has 2 N–H and O–H groups in total. The number of hydrogen-bond donors (Lipinski definition) is 2. The van der Waals surface area contributed by atoms with Crippen molar-refractivity contribution in [3.05, 3.63) is 12.4 Å². The zero-order chi connectivity index (χ0) is 12.5. The Labute approximate surface area is 108 Å². The van der Waals surface area contributed by atoms with Crippen molar-refractivity contribution in [3.63, 3.8) is 0 Å². The summed E-state index contributed by atoms with van der Waals surface area (Å²) in [5.41, 5.74) is 0.898. The first-order valence-electron chi connectivity index (χ1n) is 5.82. The van der Waals surface area contributed by atoms with Gasteiger partial charge in [0.2, 0.25) is 0 Å². The van der Waals surface area contributed by atoms with Crippen molar-refractivity contribution < 1.29 is 4.74 Å². The van der Waals surface area contributed by atoms with Crippen LogP contribution in [0.4, 0.5) is 5.69 Å². The lowest BCUT2D eigenvalue weighted by Crippen LogP contribution is -2.28. The third kappa shape index (κ3) is 5.65. The van der Waals surface area contributed by atoms with E-state index in [0.717, 1.165) is 31.6 Å². The van der Waals surface area contributed by atoms with Crippen molar-refractivity contribution in [1.29, 1.82) is 0 Å². The number of nitrogens with one attached hydrogen (secondary N) is 2. The van der Waals surface area contributed by atoms with Gasteiger partial charge in [0.05, 0.1) is 25.0 Å². The Bertz CT molecular complexity index is 340. The lowest BCUT2D eigenvalue weighted by molar-refractivity contribution is 0.183. The average Bonchev–Trinajstić information content (AvgIpc) is 2.74. The number of aromatic nitrogens is 2. The van der Waals surface area contributed by atoms with Gasteiger partial charge in [0.1, 0.15) is 0 Å². The molecule has 1 aromatic heterocycles. The minimum atomic E-state index is 0.643. The molecule has 0 unspecified atom stereocenters. The number of unbranched alkanes of at least 4 members (excludes halogenated alkanes) is 1. The van der Waals surface area contributed by atoms with E-state index in [1.165, 1.54) is 0 Å². The van der Waals surface area contributed by atoms with Crippen molar-refractivity contribution in [2.75, 3.05) is 25.6 Å². The molecule has 0 saturated heterocycles. The van der Waals surface area contributed by atoms with E-state index < -0.39 is 0 Å². The molecule has 0 spiro atoms. The molecule has 0 aliphatic heterocycles. The Morgan fingerprint density at radius 2 is 2.41 bits per heavy atom. The zero-order valence-corrected chi connectivity index (χ0v) is 11.2. The molecule has 0 aliphatic rings. The zero-order valence-electron chi connectivity index (χ0n) is 10.4. The Kier molecular flexibility index (Phi) is 6.57. The molecule has 0 aliphatic carbocycles. The van der Waals surface area contributed by atoms with E-state index in [0.29, 0.717) is 11.7 Å². The highest BCUT2D eigenvalue weighted by Gasteiger charge is 2.00. The second-order valence-corrected chi connectivity index (χ2v) is 4.13. The fourth-order valence-corrected chi connectivity index (χ4v) is 1.51. The first-order chi connectivity index (χ1) is 8.26. The highest BCUT2D eigenvalue weighted by molar-refractivity contribution is 7.80. The van der Waals surface area contributed by atoms with Crippen LogP contribution in [-0.4, -0.2) is 35.2 Å². The topological polar surface area (TPSA) is 51.1 Å². The summed E-state index contributed by atoms with van der Waals surface area (Å²) in [5.74, 6) is 0. The standard InChI is InChI=1S/C11H20N4OS/c1-3-4-5-12-11(17)14-10-8-13-15(9-10)6-7-16-2/h8-9H,3-7H2,1-2H3,(H2,12,14,17). The van der Waals surface area contributed by atoms with Crippen LogP contribution in [-0.2, 0) is 11.3 Å². The number of nitrogens with zero attached hydrogens (tertiary/aromatic N) is 2. The molecule has 1 aromatic rings. The van der Waals surface area contributed by atoms with Crippen molar-refractivity contribution >= 4 is 23.0 Å². The second-order valence-electron chi connectivity index (χ2n) is 3.72. The Morgan fingerprint density at radius 3 is 3.12 bits per heavy atom. The minimum Gasteiger partial charge on any atom is -0.383 e. The van der Waals surface area contributed by atoms with Crippen molar-refractivity contribution in [2.45, 2.75) is 26.3 Å². The van der Waals surface area contributed by atoms with Crippen LogP contribution in [0.3, 0.4) is 0 Å². The Morgan fingerprint density at radius 1 is 1.59 bits per heavy atom. The van der Waals surface area contributed by atoms with Crippen LogP contribution in [0.15, 0.2) is 12.4 Å². The number of thiocarbonyl (C=S) groups is 1. The minimum absolute atomic E-state index is 0.643. The van der Waals surface area contributed by atoms with Gasteiger partial charge in [-0.15, -0.1) is 0 Å². The van der Waals surface area contributed by atoms with Gasteiger partial charge < -0.3 is 15.4 Å². The molecule has 1 heterocycles. The fraction of sp³-hybridized carbons (Fsp3) is 0.636. The quantitative estimate of drug-likeness (QED) is 0.573. The van der Waals surface area contributed by atoms with Crippen LogP contribution < -0.4 is 10.6 Å². The van der Waals surface area contributed by atoms with E-state index in [4.69, 9.17) is 17.0 Å². The van der Waals surface area contributed by atoms with Gasteiger partial charge in [-0.2, -0.15) is 5.10 Å². The molecule has 0 fully saturated rings. The van der Waals surface area contributed by atoms with Gasteiger partial charge in [0.25, 0.3) is 0 Å². The number of hydrogen-bond acceptors (Lipinski definition) is 3. The van der Waals surface area contributed by atoms with E-state index in [1.807, 2.05) is 10.9 Å². The van der Waals surface area contributed by atoms with Crippen LogP contribution in [0.25, 0.3) is 0 Å². The lowest BCUT2D eigenvalue weighted by atomic mass is 10.3. The molecule has 0 radical (unpaired) electrons. The van der Waals surface area contributed by atoms with Gasteiger partial charge >= 0.3 is 0 Å². The Balaban J connectivity index is 2.30. The van der Waals surface area contributed by atoms with Crippen molar-refractivity contribution in [2.24, 2.45) is 0 Å². The van der Waals surface area contributed by atoms with Crippen LogP contribution in [0.5, 0.6) is 0 Å². The summed E-state index contributed by atoms with van der Waals surface area (Å²) in [5, 5.41) is 11.1. The van der Waals surface area contributed by atoms with Crippen molar-refractivity contribution in [3.8, 4) is 0 Å². The number of anilines is 1. The number of methoxy groups -OCH3 is 1. The van der Waals surface area contributed by atoms with Gasteiger partial charge in [0.15, 0.2) is 5.11 Å². The summed E-state index contributed by atoms with van der Waals surface area (Å²) in [7, 11) is 1.68. The van der Waals surface area contributed by atoms with Crippen LogP contribution >= 0.6 is 12.2 Å². The molecular weight excluding hydrogens is 236 g/mol. The highest BCUT2D eigenvalue weighted by atomic mass is 32.1. The SMILES string of the molecule is CCCCNC(=S)Nc1cnn(CCOC)c1. The van der Waals surface area contributed by atoms with E-state index >= 15 is 0 Å². The van der Waals surface area contributed by atoms with Gasteiger partial charge in [-0.25, -0.2) is 0 Å². The molecule has 17 heavy (non-hydrogen) atoms. The van der Waals surface area contributed by atoms with Gasteiger partial charge in [-0.1, -0.05) is 13.3 Å². The summed E-state index contributed by atoms with van der Waals surface area (Å²) in [6, 6.07) is 0. The normalized spacial score (nSPS) is 10.2. The number of ether oxygens (including phenoxy) is 1. The predicted molar refractivity (Wildman–Crippen MR) is 73.2 cm³/mol. The van der Waals surface area contributed by atoms with Gasteiger partial charge in [-0.05, 0) is 18.6 Å². The molecule has 0 amide bonds. The fourth-order valence-electron chi connectivity index (χ4n) is 1.29. The molecule has 0 atom stereocenters. The maximum atomic E-state index is 5.16. The summed E-state index contributed by atoms with van der Waals surface area (Å²) in [6.45, 7) is 4.45. The van der Waals surface area contributed by atoms with E-state index in [-0.39, 0.29) is 0 Å².